The number of rotatable bonds is 4. The zero-order valence-electron chi connectivity index (χ0n) is 10.6. The van der Waals surface area contributed by atoms with Crippen LogP contribution in [-0.4, -0.2) is 22.1 Å². The topological polar surface area (TPSA) is 63.8 Å². The van der Waals surface area contributed by atoms with Crippen LogP contribution in [0, 0.1) is 5.92 Å². The number of nitrogens with zero attached hydrogens (tertiary/aromatic N) is 2. The van der Waals surface area contributed by atoms with Crippen LogP contribution in [0.2, 0.25) is 0 Å². The minimum Gasteiger partial charge on any atom is -0.362 e. The van der Waals surface area contributed by atoms with E-state index in [2.05, 4.69) is 22.2 Å². The number of para-hydroxylation sites is 2. The molecule has 1 aromatic carbocycles. The highest BCUT2D eigenvalue weighted by atomic mass is 15.1. The van der Waals surface area contributed by atoms with E-state index in [0.29, 0.717) is 12.5 Å². The molecular weight excluding hydrogens is 224 g/mol. The van der Waals surface area contributed by atoms with Crippen molar-refractivity contribution in [1.29, 1.82) is 0 Å². The second kappa shape index (κ2) is 4.21. The monoisotopic (exact) mass is 242 g/mol. The predicted molar refractivity (Wildman–Crippen MR) is 73.3 cm³/mol. The van der Waals surface area contributed by atoms with Crippen molar-refractivity contribution in [2.24, 2.45) is 11.7 Å². The number of aromatic nitrogens is 2. The van der Waals surface area contributed by atoms with Crippen molar-refractivity contribution in [2.45, 2.75) is 25.3 Å². The lowest BCUT2D eigenvalue weighted by Crippen LogP contribution is -2.44. The molecule has 1 fully saturated rings. The van der Waals surface area contributed by atoms with Crippen LogP contribution in [-0.2, 0) is 0 Å². The summed E-state index contributed by atoms with van der Waals surface area (Å²) in [6.07, 6.45) is 4.29. The van der Waals surface area contributed by atoms with Gasteiger partial charge in [-0.3, -0.25) is 4.98 Å². The van der Waals surface area contributed by atoms with Gasteiger partial charge in [-0.2, -0.15) is 0 Å². The van der Waals surface area contributed by atoms with Crippen molar-refractivity contribution >= 4 is 16.9 Å². The van der Waals surface area contributed by atoms with E-state index < -0.39 is 0 Å². The summed E-state index contributed by atoms with van der Waals surface area (Å²) in [7, 11) is 0. The van der Waals surface area contributed by atoms with Gasteiger partial charge < -0.3 is 11.1 Å². The first-order valence-electron chi connectivity index (χ1n) is 6.41. The molecule has 1 heterocycles. The summed E-state index contributed by atoms with van der Waals surface area (Å²) in [5.74, 6) is 1.48. The van der Waals surface area contributed by atoms with Crippen LogP contribution in [0.5, 0.6) is 0 Å². The Labute approximate surface area is 107 Å². The number of hydrogen-bond donors (Lipinski definition) is 2. The lowest BCUT2D eigenvalue weighted by Gasteiger charge is -2.30. The minimum absolute atomic E-state index is 0.0584. The van der Waals surface area contributed by atoms with Gasteiger partial charge in [-0.25, -0.2) is 4.98 Å². The van der Waals surface area contributed by atoms with Gasteiger partial charge in [0, 0.05) is 6.54 Å². The molecule has 2 aromatic rings. The van der Waals surface area contributed by atoms with E-state index in [9.17, 15) is 0 Å². The molecule has 1 unspecified atom stereocenters. The number of nitrogens with one attached hydrogen (secondary N) is 1. The number of nitrogens with two attached hydrogens (primary N) is 1. The standard InChI is InChI=1S/C14H18N4/c1-14(9-15,10-6-7-10)18-13-8-16-11-4-2-3-5-12(11)17-13/h2-5,8,10H,6-7,9,15H2,1H3,(H,17,18). The summed E-state index contributed by atoms with van der Waals surface area (Å²) in [4.78, 5) is 9.00. The largest absolute Gasteiger partial charge is 0.362 e. The fraction of sp³-hybridized carbons (Fsp3) is 0.429. The molecule has 0 bridgehead atoms. The Balaban J connectivity index is 1.90. The Morgan fingerprint density at radius 1 is 1.33 bits per heavy atom. The number of fused-ring (bicyclic) bond motifs is 1. The smallest absolute Gasteiger partial charge is 0.145 e. The first-order valence-corrected chi connectivity index (χ1v) is 6.41. The molecule has 0 saturated heterocycles. The van der Waals surface area contributed by atoms with Crippen molar-refractivity contribution in [2.75, 3.05) is 11.9 Å². The highest BCUT2D eigenvalue weighted by molar-refractivity contribution is 5.75. The molecule has 94 valence electrons. The van der Waals surface area contributed by atoms with Gasteiger partial charge in [0.1, 0.15) is 5.82 Å². The number of benzene rings is 1. The van der Waals surface area contributed by atoms with Gasteiger partial charge in [0.2, 0.25) is 0 Å². The molecule has 4 heteroatoms. The predicted octanol–water partition coefficient (Wildman–Crippen LogP) is 2.17. The third kappa shape index (κ3) is 2.04. The van der Waals surface area contributed by atoms with Gasteiger partial charge in [-0.15, -0.1) is 0 Å². The lowest BCUT2D eigenvalue weighted by molar-refractivity contribution is 0.458. The Kier molecular flexibility index (Phi) is 2.67. The average Bonchev–Trinajstić information content (AvgIpc) is 3.23. The molecule has 0 aliphatic heterocycles. The Hall–Kier alpha value is -1.68. The fourth-order valence-corrected chi connectivity index (χ4v) is 2.35. The molecule has 0 amide bonds. The van der Waals surface area contributed by atoms with E-state index in [1.54, 1.807) is 6.20 Å². The molecule has 4 nitrogen and oxygen atoms in total. The lowest BCUT2D eigenvalue weighted by atomic mass is 9.96. The molecule has 1 atom stereocenters. The van der Waals surface area contributed by atoms with Crippen LogP contribution >= 0.6 is 0 Å². The van der Waals surface area contributed by atoms with Crippen molar-refractivity contribution < 1.29 is 0 Å². The van der Waals surface area contributed by atoms with Gasteiger partial charge >= 0.3 is 0 Å². The molecule has 0 spiro atoms. The van der Waals surface area contributed by atoms with Gasteiger partial charge in [0.05, 0.1) is 22.8 Å². The maximum atomic E-state index is 5.90. The van der Waals surface area contributed by atoms with E-state index in [1.807, 2.05) is 24.3 Å². The quantitative estimate of drug-likeness (QED) is 0.862. The summed E-state index contributed by atoms with van der Waals surface area (Å²) in [6.45, 7) is 2.79. The fourth-order valence-electron chi connectivity index (χ4n) is 2.35. The summed E-state index contributed by atoms with van der Waals surface area (Å²) >= 11 is 0. The Bertz CT molecular complexity index is 564. The summed E-state index contributed by atoms with van der Waals surface area (Å²) in [6, 6.07) is 7.89. The molecular formula is C14H18N4. The van der Waals surface area contributed by atoms with Crippen LogP contribution in [0.25, 0.3) is 11.0 Å². The molecule has 1 aliphatic rings. The first kappa shape index (κ1) is 11.4. The van der Waals surface area contributed by atoms with Crippen molar-refractivity contribution in [3.8, 4) is 0 Å². The SMILES string of the molecule is CC(CN)(Nc1cnc2ccccc2n1)C1CC1. The van der Waals surface area contributed by atoms with Gasteiger partial charge in [-0.05, 0) is 37.8 Å². The highest BCUT2D eigenvalue weighted by Gasteiger charge is 2.40. The van der Waals surface area contributed by atoms with E-state index in [1.165, 1.54) is 12.8 Å². The summed E-state index contributed by atoms with van der Waals surface area (Å²) < 4.78 is 0. The number of hydrogen-bond acceptors (Lipinski definition) is 4. The maximum Gasteiger partial charge on any atom is 0.145 e. The van der Waals surface area contributed by atoms with Crippen LogP contribution in [0.15, 0.2) is 30.5 Å². The minimum atomic E-state index is -0.0584. The summed E-state index contributed by atoms with van der Waals surface area (Å²) in [5, 5.41) is 3.46. The van der Waals surface area contributed by atoms with Crippen LogP contribution < -0.4 is 11.1 Å². The second-order valence-electron chi connectivity index (χ2n) is 5.26. The highest BCUT2D eigenvalue weighted by Crippen LogP contribution is 2.40. The van der Waals surface area contributed by atoms with Crippen LogP contribution in [0.1, 0.15) is 19.8 Å². The molecule has 1 aliphatic carbocycles. The molecule has 1 saturated carbocycles. The Morgan fingerprint density at radius 3 is 2.72 bits per heavy atom. The first-order chi connectivity index (χ1) is 8.71. The second-order valence-corrected chi connectivity index (χ2v) is 5.26. The molecule has 18 heavy (non-hydrogen) atoms. The van der Waals surface area contributed by atoms with Crippen LogP contribution in [0.4, 0.5) is 5.82 Å². The number of anilines is 1. The molecule has 0 radical (unpaired) electrons. The van der Waals surface area contributed by atoms with E-state index in [4.69, 9.17) is 5.73 Å². The van der Waals surface area contributed by atoms with Gasteiger partial charge in [-0.1, -0.05) is 12.1 Å². The summed E-state index contributed by atoms with van der Waals surface area (Å²) in [5.41, 5.74) is 7.67. The van der Waals surface area contributed by atoms with Crippen LogP contribution in [0.3, 0.4) is 0 Å². The normalized spacial score (nSPS) is 18.6. The van der Waals surface area contributed by atoms with E-state index in [0.717, 1.165) is 16.9 Å². The van der Waals surface area contributed by atoms with Crippen molar-refractivity contribution in [1.82, 2.24) is 9.97 Å². The van der Waals surface area contributed by atoms with Crippen molar-refractivity contribution in [3.05, 3.63) is 30.5 Å². The van der Waals surface area contributed by atoms with E-state index in [-0.39, 0.29) is 5.54 Å². The van der Waals surface area contributed by atoms with E-state index >= 15 is 0 Å². The van der Waals surface area contributed by atoms with Gasteiger partial charge in [0.15, 0.2) is 0 Å². The zero-order valence-corrected chi connectivity index (χ0v) is 10.6. The molecule has 3 N–H and O–H groups in total. The third-order valence-electron chi connectivity index (χ3n) is 3.76. The van der Waals surface area contributed by atoms with Crippen molar-refractivity contribution in [3.63, 3.8) is 0 Å². The maximum absolute atomic E-state index is 5.90. The average molecular weight is 242 g/mol. The third-order valence-corrected chi connectivity index (χ3v) is 3.76. The zero-order chi connectivity index (χ0) is 12.6. The molecule has 3 rings (SSSR count). The molecule has 1 aromatic heterocycles. The Morgan fingerprint density at radius 2 is 2.06 bits per heavy atom. The van der Waals surface area contributed by atoms with Gasteiger partial charge in [0.25, 0.3) is 0 Å².